The number of phenolic OH excluding ortho intramolecular Hbond substituents is 1. The third-order valence-electron chi connectivity index (χ3n) is 5.47. The van der Waals surface area contributed by atoms with Crippen molar-refractivity contribution in [2.24, 2.45) is 4.99 Å². The third-order valence-corrected chi connectivity index (χ3v) is 7.08. The second kappa shape index (κ2) is 10.6. The van der Waals surface area contributed by atoms with E-state index in [0.717, 1.165) is 5.56 Å². The predicted octanol–water partition coefficient (Wildman–Crippen LogP) is 2.90. The first-order valence-corrected chi connectivity index (χ1v) is 12.3. The van der Waals surface area contributed by atoms with Crippen molar-refractivity contribution in [3.8, 4) is 11.5 Å². The van der Waals surface area contributed by atoms with Crippen molar-refractivity contribution in [3.05, 3.63) is 89.0 Å². The van der Waals surface area contributed by atoms with Crippen LogP contribution >= 0.6 is 27.3 Å². The fraction of sp³-hybridized carbons (Fsp3) is 0.240. The summed E-state index contributed by atoms with van der Waals surface area (Å²) >= 11 is 4.52. The Kier molecular flexibility index (Phi) is 7.54. The molecule has 1 aliphatic heterocycles. The van der Waals surface area contributed by atoms with E-state index in [1.165, 1.54) is 23.0 Å². The van der Waals surface area contributed by atoms with Gasteiger partial charge in [-0.1, -0.05) is 35.6 Å². The number of esters is 1. The molecule has 0 fully saturated rings. The zero-order valence-corrected chi connectivity index (χ0v) is 21.7. The third kappa shape index (κ3) is 4.95. The van der Waals surface area contributed by atoms with E-state index < -0.39 is 12.0 Å². The molecule has 1 N–H and O–H groups in total. The summed E-state index contributed by atoms with van der Waals surface area (Å²) < 4.78 is 18.4. The number of halogens is 1. The van der Waals surface area contributed by atoms with Gasteiger partial charge in [-0.05, 0) is 52.7 Å². The molecule has 1 unspecified atom stereocenters. The first kappa shape index (κ1) is 24.9. The Morgan fingerprint density at radius 1 is 1.23 bits per heavy atom. The SMILES string of the molecule is COCCOC(=O)C1=C(C)N=c2sc(=Cc3ccc(O)c(Br)c3)c(=O)n2C1c1ccccc1OC. The second-order valence-corrected chi connectivity index (χ2v) is 9.53. The predicted molar refractivity (Wildman–Crippen MR) is 135 cm³/mol. The summed E-state index contributed by atoms with van der Waals surface area (Å²) in [6.45, 7) is 2.05. The minimum Gasteiger partial charge on any atom is -0.507 e. The zero-order chi connectivity index (χ0) is 25.1. The van der Waals surface area contributed by atoms with Crippen molar-refractivity contribution in [1.82, 2.24) is 4.57 Å². The van der Waals surface area contributed by atoms with Crippen molar-refractivity contribution in [2.75, 3.05) is 27.4 Å². The number of aromatic nitrogens is 1. The van der Waals surface area contributed by atoms with Crippen LogP contribution in [0, 0.1) is 0 Å². The van der Waals surface area contributed by atoms with Crippen LogP contribution in [0.5, 0.6) is 11.5 Å². The van der Waals surface area contributed by atoms with Crippen molar-refractivity contribution >= 4 is 39.3 Å². The number of methoxy groups -OCH3 is 2. The maximum atomic E-state index is 13.7. The van der Waals surface area contributed by atoms with Crippen LogP contribution in [0.2, 0.25) is 0 Å². The molecule has 2 aromatic carbocycles. The van der Waals surface area contributed by atoms with E-state index in [1.54, 1.807) is 44.4 Å². The fourth-order valence-electron chi connectivity index (χ4n) is 3.83. The number of carbonyl (C=O) groups excluding carboxylic acids is 1. The number of allylic oxidation sites excluding steroid dienone is 1. The summed E-state index contributed by atoms with van der Waals surface area (Å²) in [5, 5.41) is 9.79. The summed E-state index contributed by atoms with van der Waals surface area (Å²) in [7, 11) is 3.06. The van der Waals surface area contributed by atoms with Gasteiger partial charge >= 0.3 is 5.97 Å². The second-order valence-electron chi connectivity index (χ2n) is 7.66. The number of benzene rings is 2. The summed E-state index contributed by atoms with van der Waals surface area (Å²) in [6.07, 6.45) is 1.73. The molecule has 35 heavy (non-hydrogen) atoms. The highest BCUT2D eigenvalue weighted by molar-refractivity contribution is 9.10. The molecule has 1 aliphatic rings. The van der Waals surface area contributed by atoms with Crippen molar-refractivity contribution in [3.63, 3.8) is 0 Å². The number of aromatic hydroxyl groups is 1. The van der Waals surface area contributed by atoms with Gasteiger partial charge in [-0.15, -0.1) is 0 Å². The minimum absolute atomic E-state index is 0.0743. The van der Waals surface area contributed by atoms with Crippen LogP contribution in [0.4, 0.5) is 0 Å². The zero-order valence-electron chi connectivity index (χ0n) is 19.3. The summed E-state index contributed by atoms with van der Waals surface area (Å²) in [5.74, 6) is 0.0643. The number of para-hydroxylation sites is 1. The van der Waals surface area contributed by atoms with Gasteiger partial charge in [0.1, 0.15) is 24.1 Å². The maximum absolute atomic E-state index is 13.7. The van der Waals surface area contributed by atoms with Crippen LogP contribution in [-0.4, -0.2) is 43.1 Å². The summed E-state index contributed by atoms with van der Waals surface area (Å²) in [4.78, 5) is 31.9. The fourth-order valence-corrected chi connectivity index (χ4v) is 5.27. The largest absolute Gasteiger partial charge is 0.507 e. The van der Waals surface area contributed by atoms with Crippen molar-refractivity contribution in [1.29, 1.82) is 0 Å². The van der Waals surface area contributed by atoms with Gasteiger partial charge in [0, 0.05) is 12.7 Å². The molecule has 2 heterocycles. The van der Waals surface area contributed by atoms with Crippen LogP contribution in [0.3, 0.4) is 0 Å². The Bertz CT molecular complexity index is 1490. The van der Waals surface area contributed by atoms with Gasteiger partial charge in [0.15, 0.2) is 4.80 Å². The standard InChI is InChI=1S/C25H23BrN2O6S/c1-14-21(24(31)34-11-10-32-2)22(16-6-4-5-7-19(16)33-3)28-23(30)20(35-25(28)27-14)13-15-8-9-18(29)17(26)12-15/h4-9,12-13,22,29H,10-11H2,1-3H3. The monoisotopic (exact) mass is 558 g/mol. The molecule has 0 saturated heterocycles. The number of hydrogen-bond acceptors (Lipinski definition) is 8. The Hall–Kier alpha value is -3.21. The van der Waals surface area contributed by atoms with Crippen LogP contribution < -0.4 is 19.6 Å². The molecular weight excluding hydrogens is 536 g/mol. The van der Waals surface area contributed by atoms with Gasteiger partial charge in [-0.25, -0.2) is 9.79 Å². The normalized spacial score (nSPS) is 15.5. The van der Waals surface area contributed by atoms with Gasteiger partial charge in [0.2, 0.25) is 0 Å². The first-order chi connectivity index (χ1) is 16.8. The molecule has 10 heteroatoms. The van der Waals surface area contributed by atoms with Crippen molar-refractivity contribution < 1.29 is 24.1 Å². The number of ether oxygens (including phenoxy) is 3. The number of fused-ring (bicyclic) bond motifs is 1. The average molecular weight is 559 g/mol. The molecule has 4 rings (SSSR count). The van der Waals surface area contributed by atoms with E-state index in [0.29, 0.717) is 30.8 Å². The first-order valence-electron chi connectivity index (χ1n) is 10.7. The molecule has 8 nitrogen and oxygen atoms in total. The maximum Gasteiger partial charge on any atom is 0.338 e. The Morgan fingerprint density at radius 3 is 2.71 bits per heavy atom. The molecular formula is C25H23BrN2O6S. The number of phenols is 1. The van der Waals surface area contributed by atoms with E-state index in [-0.39, 0.29) is 30.1 Å². The summed E-state index contributed by atoms with van der Waals surface area (Å²) in [5.41, 5.74) is 1.79. The quantitative estimate of drug-likeness (QED) is 0.353. The van der Waals surface area contributed by atoms with E-state index in [1.807, 2.05) is 18.2 Å². The number of hydrogen-bond donors (Lipinski definition) is 1. The Labute approximate surface area is 213 Å². The Balaban J connectivity index is 1.92. The Morgan fingerprint density at radius 2 is 2.00 bits per heavy atom. The molecule has 0 aliphatic carbocycles. The van der Waals surface area contributed by atoms with Crippen molar-refractivity contribution in [2.45, 2.75) is 13.0 Å². The number of thiazole rings is 1. The lowest BCUT2D eigenvalue weighted by atomic mass is 9.95. The summed E-state index contributed by atoms with van der Waals surface area (Å²) in [6, 6.07) is 11.4. The lowest BCUT2D eigenvalue weighted by Gasteiger charge is -2.26. The highest BCUT2D eigenvalue weighted by Gasteiger charge is 2.35. The highest BCUT2D eigenvalue weighted by Crippen LogP contribution is 2.35. The van der Waals surface area contributed by atoms with E-state index >= 15 is 0 Å². The molecule has 3 aromatic rings. The molecule has 1 atom stereocenters. The molecule has 1 aromatic heterocycles. The molecule has 0 bridgehead atoms. The van der Waals surface area contributed by atoms with Crippen LogP contribution in [0.1, 0.15) is 24.1 Å². The smallest absolute Gasteiger partial charge is 0.338 e. The van der Waals surface area contributed by atoms with E-state index in [2.05, 4.69) is 20.9 Å². The average Bonchev–Trinajstić information content (AvgIpc) is 3.14. The number of nitrogens with zero attached hydrogens (tertiary/aromatic N) is 2. The van der Waals surface area contributed by atoms with E-state index in [4.69, 9.17) is 14.2 Å². The molecule has 0 spiro atoms. The molecule has 0 radical (unpaired) electrons. The molecule has 0 saturated carbocycles. The van der Waals surface area contributed by atoms with Gasteiger partial charge < -0.3 is 19.3 Å². The number of rotatable bonds is 7. The van der Waals surface area contributed by atoms with Gasteiger partial charge in [-0.2, -0.15) is 0 Å². The van der Waals surface area contributed by atoms with E-state index in [9.17, 15) is 14.7 Å². The molecule has 182 valence electrons. The van der Waals surface area contributed by atoms with Crippen LogP contribution in [0.25, 0.3) is 6.08 Å². The van der Waals surface area contributed by atoms with Gasteiger partial charge in [-0.3, -0.25) is 9.36 Å². The minimum atomic E-state index is -0.786. The topological polar surface area (TPSA) is 99.4 Å². The molecule has 0 amide bonds. The van der Waals surface area contributed by atoms with Gasteiger partial charge in [0.05, 0.1) is 34.0 Å². The van der Waals surface area contributed by atoms with Crippen LogP contribution in [-0.2, 0) is 14.3 Å². The lowest BCUT2D eigenvalue weighted by Crippen LogP contribution is -2.40. The van der Waals surface area contributed by atoms with Crippen LogP contribution in [0.15, 0.2) is 68.0 Å². The highest BCUT2D eigenvalue weighted by atomic mass is 79.9. The van der Waals surface area contributed by atoms with Gasteiger partial charge in [0.25, 0.3) is 5.56 Å². The lowest BCUT2D eigenvalue weighted by molar-refractivity contribution is -0.140. The number of carbonyl (C=O) groups is 1.